The molecular weight excluding hydrogens is 326 g/mol. The minimum atomic E-state index is -0.617. The molecule has 24 heavy (non-hydrogen) atoms. The van der Waals surface area contributed by atoms with Gasteiger partial charge in [-0.2, -0.15) is 5.10 Å². The summed E-state index contributed by atoms with van der Waals surface area (Å²) in [7, 11) is 0. The summed E-state index contributed by atoms with van der Waals surface area (Å²) >= 11 is 1.25. The number of rotatable bonds is 3. The second-order valence-electron chi connectivity index (χ2n) is 5.69. The third-order valence-corrected chi connectivity index (χ3v) is 5.27. The number of aromatic amines is 1. The molecule has 0 saturated heterocycles. The van der Waals surface area contributed by atoms with E-state index < -0.39 is 12.1 Å². The molecule has 4 rings (SSSR count). The molecule has 2 atom stereocenters. The highest BCUT2D eigenvalue weighted by atomic mass is 32.1. The highest BCUT2D eigenvalue weighted by Gasteiger charge is 2.32. The lowest BCUT2D eigenvalue weighted by Crippen LogP contribution is -2.33. The summed E-state index contributed by atoms with van der Waals surface area (Å²) in [6.45, 7) is 1.78. The molecule has 2 unspecified atom stereocenters. The molecule has 3 aromatic rings. The van der Waals surface area contributed by atoms with E-state index in [9.17, 15) is 9.90 Å². The Bertz CT molecular complexity index is 890. The lowest BCUT2D eigenvalue weighted by atomic mass is 10.1. The Kier molecular flexibility index (Phi) is 3.62. The first-order valence-electron chi connectivity index (χ1n) is 7.53. The summed E-state index contributed by atoms with van der Waals surface area (Å²) < 4.78 is 0. The van der Waals surface area contributed by atoms with Gasteiger partial charge in [0.15, 0.2) is 10.8 Å². The van der Waals surface area contributed by atoms with Crippen LogP contribution in [-0.2, 0) is 6.42 Å². The molecule has 8 heteroatoms. The molecule has 3 N–H and O–H groups in total. The van der Waals surface area contributed by atoms with Crippen molar-refractivity contribution in [1.29, 1.82) is 0 Å². The van der Waals surface area contributed by atoms with Gasteiger partial charge >= 0.3 is 0 Å². The number of thiazole rings is 1. The predicted molar refractivity (Wildman–Crippen MR) is 88.6 cm³/mol. The van der Waals surface area contributed by atoms with Gasteiger partial charge in [0.05, 0.1) is 17.8 Å². The van der Waals surface area contributed by atoms with Crippen LogP contribution in [0.25, 0.3) is 10.8 Å². The van der Waals surface area contributed by atoms with Crippen LogP contribution < -0.4 is 5.32 Å². The predicted octanol–water partition coefficient (Wildman–Crippen LogP) is 1.62. The average molecular weight is 341 g/mol. The standard InChI is InChI=1S/C16H15N5O2S/c1-8-13(24-16(19-8)14-17-7-18-21-14)15(23)20-12-10-5-3-2-4-9(10)6-11(12)22/h2-5,7,11-12,22H,6H2,1H3,(H,20,23)(H,17,18,21). The van der Waals surface area contributed by atoms with Crippen LogP contribution in [0.3, 0.4) is 0 Å². The fourth-order valence-corrected chi connectivity index (χ4v) is 3.89. The second-order valence-corrected chi connectivity index (χ2v) is 6.69. The molecule has 0 saturated carbocycles. The Labute approximate surface area is 141 Å². The minimum Gasteiger partial charge on any atom is -0.390 e. The zero-order valence-electron chi connectivity index (χ0n) is 12.9. The molecule has 0 radical (unpaired) electrons. The van der Waals surface area contributed by atoms with E-state index in [0.29, 0.717) is 27.8 Å². The fraction of sp³-hybridized carbons (Fsp3) is 0.250. The van der Waals surface area contributed by atoms with E-state index in [4.69, 9.17) is 0 Å². The van der Waals surface area contributed by atoms with Gasteiger partial charge in [-0.1, -0.05) is 24.3 Å². The monoisotopic (exact) mass is 341 g/mol. The van der Waals surface area contributed by atoms with Crippen molar-refractivity contribution in [2.45, 2.75) is 25.5 Å². The Morgan fingerprint density at radius 1 is 1.42 bits per heavy atom. The van der Waals surface area contributed by atoms with Gasteiger partial charge in [-0.15, -0.1) is 11.3 Å². The number of aliphatic hydroxyl groups is 1. The first-order chi connectivity index (χ1) is 11.6. The summed E-state index contributed by atoms with van der Waals surface area (Å²) in [6.07, 6.45) is 1.33. The molecule has 0 aliphatic heterocycles. The Hall–Kier alpha value is -2.58. The number of hydrogen-bond acceptors (Lipinski definition) is 6. The van der Waals surface area contributed by atoms with Gasteiger partial charge in [0, 0.05) is 6.42 Å². The van der Waals surface area contributed by atoms with E-state index in [0.717, 1.165) is 11.1 Å². The molecule has 2 heterocycles. The van der Waals surface area contributed by atoms with Crippen LogP contribution in [-0.4, -0.2) is 37.3 Å². The Morgan fingerprint density at radius 2 is 2.25 bits per heavy atom. The largest absolute Gasteiger partial charge is 0.390 e. The van der Waals surface area contributed by atoms with E-state index in [1.165, 1.54) is 17.7 Å². The number of aliphatic hydroxyl groups excluding tert-OH is 1. The normalized spacial score (nSPS) is 19.2. The fourth-order valence-electron chi connectivity index (χ4n) is 2.97. The first kappa shape index (κ1) is 15.0. The minimum absolute atomic E-state index is 0.239. The van der Waals surface area contributed by atoms with Crippen molar-refractivity contribution >= 4 is 17.2 Å². The van der Waals surface area contributed by atoms with Crippen LogP contribution in [0.4, 0.5) is 0 Å². The molecular formula is C16H15N5O2S. The number of H-pyrrole nitrogens is 1. The van der Waals surface area contributed by atoms with Crippen molar-refractivity contribution in [3.63, 3.8) is 0 Å². The summed E-state index contributed by atoms with van der Waals surface area (Å²) in [5, 5.41) is 20.4. The number of aryl methyl sites for hydroxylation is 1. The number of hydrogen-bond donors (Lipinski definition) is 3. The molecule has 2 aromatic heterocycles. The summed E-state index contributed by atoms with van der Waals surface area (Å²) in [6, 6.07) is 7.37. The maximum atomic E-state index is 12.7. The molecule has 0 fully saturated rings. The number of aromatic nitrogens is 4. The first-order valence-corrected chi connectivity index (χ1v) is 8.35. The van der Waals surface area contributed by atoms with E-state index in [1.54, 1.807) is 6.92 Å². The Morgan fingerprint density at radius 3 is 3.04 bits per heavy atom. The molecule has 1 aromatic carbocycles. The lowest BCUT2D eigenvalue weighted by Gasteiger charge is -2.17. The molecule has 1 aliphatic carbocycles. The summed E-state index contributed by atoms with van der Waals surface area (Å²) in [5.41, 5.74) is 2.67. The quantitative estimate of drug-likeness (QED) is 0.672. The van der Waals surface area contributed by atoms with Crippen LogP contribution in [0.2, 0.25) is 0 Å². The van der Waals surface area contributed by atoms with Gasteiger partial charge in [0.2, 0.25) is 0 Å². The highest BCUT2D eigenvalue weighted by molar-refractivity contribution is 7.17. The SMILES string of the molecule is Cc1nc(-c2ncn[nH]2)sc1C(=O)NC1c2ccccc2CC1O. The van der Waals surface area contributed by atoms with Crippen molar-refractivity contribution in [1.82, 2.24) is 25.5 Å². The van der Waals surface area contributed by atoms with Gasteiger partial charge in [-0.3, -0.25) is 9.89 Å². The zero-order valence-corrected chi connectivity index (χ0v) is 13.7. The topological polar surface area (TPSA) is 104 Å². The van der Waals surface area contributed by atoms with E-state index >= 15 is 0 Å². The number of nitrogens with zero attached hydrogens (tertiary/aromatic N) is 3. The van der Waals surface area contributed by atoms with Crippen LogP contribution in [0.5, 0.6) is 0 Å². The van der Waals surface area contributed by atoms with E-state index in [2.05, 4.69) is 25.5 Å². The molecule has 1 amide bonds. The lowest BCUT2D eigenvalue weighted by molar-refractivity contribution is 0.0861. The molecule has 0 bridgehead atoms. The number of fused-ring (bicyclic) bond motifs is 1. The van der Waals surface area contributed by atoms with E-state index in [1.807, 2.05) is 24.3 Å². The van der Waals surface area contributed by atoms with Gasteiger partial charge in [-0.05, 0) is 18.1 Å². The average Bonchev–Trinajstić information content (AvgIpc) is 3.27. The molecule has 122 valence electrons. The van der Waals surface area contributed by atoms with Gasteiger partial charge in [0.25, 0.3) is 5.91 Å². The number of amides is 1. The summed E-state index contributed by atoms with van der Waals surface area (Å²) in [4.78, 5) is 21.6. The zero-order chi connectivity index (χ0) is 16.7. The smallest absolute Gasteiger partial charge is 0.263 e. The second kappa shape index (κ2) is 5.81. The van der Waals surface area contributed by atoms with Gasteiger partial charge in [-0.25, -0.2) is 9.97 Å². The molecule has 7 nitrogen and oxygen atoms in total. The van der Waals surface area contributed by atoms with Crippen molar-refractivity contribution < 1.29 is 9.90 Å². The van der Waals surface area contributed by atoms with Crippen LogP contribution in [0, 0.1) is 6.92 Å². The third-order valence-electron chi connectivity index (χ3n) is 4.11. The molecule has 0 spiro atoms. The highest BCUT2D eigenvalue weighted by Crippen LogP contribution is 2.32. The number of nitrogens with one attached hydrogen (secondary N) is 2. The van der Waals surface area contributed by atoms with E-state index in [-0.39, 0.29) is 5.91 Å². The maximum absolute atomic E-state index is 12.7. The van der Waals surface area contributed by atoms with Crippen LogP contribution >= 0.6 is 11.3 Å². The van der Waals surface area contributed by atoms with Gasteiger partial charge in [0.1, 0.15) is 11.2 Å². The van der Waals surface area contributed by atoms with Gasteiger partial charge < -0.3 is 10.4 Å². The van der Waals surface area contributed by atoms with Crippen molar-refractivity contribution in [2.24, 2.45) is 0 Å². The van der Waals surface area contributed by atoms with Crippen molar-refractivity contribution in [2.75, 3.05) is 0 Å². The number of carbonyl (C=O) groups excluding carboxylic acids is 1. The van der Waals surface area contributed by atoms with Crippen molar-refractivity contribution in [3.8, 4) is 10.8 Å². The van der Waals surface area contributed by atoms with Crippen LogP contribution in [0.15, 0.2) is 30.6 Å². The molecule has 1 aliphatic rings. The number of benzene rings is 1. The Balaban J connectivity index is 1.59. The third kappa shape index (κ3) is 2.49. The number of carbonyl (C=O) groups is 1. The van der Waals surface area contributed by atoms with Crippen molar-refractivity contribution in [3.05, 3.63) is 52.3 Å². The maximum Gasteiger partial charge on any atom is 0.263 e. The summed E-state index contributed by atoms with van der Waals surface area (Å²) in [5.74, 6) is 0.296. The van der Waals surface area contributed by atoms with Crippen LogP contribution in [0.1, 0.15) is 32.5 Å².